The van der Waals surface area contributed by atoms with Gasteiger partial charge in [0.15, 0.2) is 0 Å². The van der Waals surface area contributed by atoms with E-state index in [9.17, 15) is 4.79 Å². The zero-order chi connectivity index (χ0) is 22.2. The maximum Gasteiger partial charge on any atom is 0.414 e. The minimum atomic E-state index is -0.378. The van der Waals surface area contributed by atoms with E-state index in [2.05, 4.69) is 47.8 Å². The molecule has 32 heavy (non-hydrogen) atoms. The van der Waals surface area contributed by atoms with Crippen molar-refractivity contribution >= 4 is 11.8 Å². The van der Waals surface area contributed by atoms with Crippen molar-refractivity contribution in [2.45, 2.75) is 25.3 Å². The van der Waals surface area contributed by atoms with Crippen molar-refractivity contribution in [1.82, 2.24) is 5.32 Å². The van der Waals surface area contributed by atoms with E-state index < -0.39 is 0 Å². The van der Waals surface area contributed by atoms with Crippen LogP contribution in [0.4, 0.5) is 10.5 Å². The number of rotatable bonds is 8. The summed E-state index contributed by atoms with van der Waals surface area (Å²) >= 11 is 0. The highest BCUT2D eigenvalue weighted by Crippen LogP contribution is 2.31. The van der Waals surface area contributed by atoms with E-state index in [4.69, 9.17) is 9.47 Å². The number of methoxy groups -OCH3 is 1. The molecule has 3 aromatic rings. The first-order valence-corrected chi connectivity index (χ1v) is 11.2. The molecule has 5 nitrogen and oxygen atoms in total. The number of benzene rings is 3. The summed E-state index contributed by atoms with van der Waals surface area (Å²) in [6.07, 6.45) is 2.72. The number of nitrogens with zero attached hydrogens (tertiary/aromatic N) is 1. The summed E-state index contributed by atoms with van der Waals surface area (Å²) in [5, 5.41) is 3.52. The van der Waals surface area contributed by atoms with Gasteiger partial charge in [-0.05, 0) is 60.7 Å². The molecule has 1 atom stereocenters. The Kier molecular flexibility index (Phi) is 7.41. The standard InChI is InChI=1S/C27H30N2O3/c1-31-27(30)29(26-12-6-5-10-24(26)25-11-7-17-28-25)18-19-32-23-15-13-22(14-16-23)20-21-8-3-2-4-9-21/h2-6,8-10,12-16,25,28H,7,11,17-20H2,1H3/t25-/m0/s1. The lowest BCUT2D eigenvalue weighted by molar-refractivity contribution is 0.176. The summed E-state index contributed by atoms with van der Waals surface area (Å²) in [4.78, 5) is 14.2. The highest BCUT2D eigenvalue weighted by atomic mass is 16.5. The van der Waals surface area contributed by atoms with Crippen LogP contribution in [-0.4, -0.2) is 32.9 Å². The van der Waals surface area contributed by atoms with Gasteiger partial charge in [-0.15, -0.1) is 0 Å². The molecule has 166 valence electrons. The maximum atomic E-state index is 12.6. The number of para-hydroxylation sites is 1. The third-order valence-electron chi connectivity index (χ3n) is 5.82. The lowest BCUT2D eigenvalue weighted by atomic mass is 10.0. The van der Waals surface area contributed by atoms with E-state index in [1.54, 1.807) is 4.90 Å². The first kappa shape index (κ1) is 21.9. The molecular weight excluding hydrogens is 400 g/mol. The van der Waals surface area contributed by atoms with Crippen molar-refractivity contribution in [2.24, 2.45) is 0 Å². The molecule has 1 aliphatic heterocycles. The van der Waals surface area contributed by atoms with Crippen LogP contribution in [-0.2, 0) is 11.2 Å². The zero-order valence-corrected chi connectivity index (χ0v) is 18.5. The maximum absolute atomic E-state index is 12.6. The Balaban J connectivity index is 1.39. The first-order valence-electron chi connectivity index (χ1n) is 11.2. The van der Waals surface area contributed by atoms with Crippen molar-refractivity contribution in [1.29, 1.82) is 0 Å². The Morgan fingerprint density at radius 1 is 0.969 bits per heavy atom. The summed E-state index contributed by atoms with van der Waals surface area (Å²) in [6, 6.07) is 26.8. The lowest BCUT2D eigenvalue weighted by Gasteiger charge is -2.26. The van der Waals surface area contributed by atoms with Gasteiger partial charge < -0.3 is 14.8 Å². The van der Waals surface area contributed by atoms with Crippen LogP contribution in [0.15, 0.2) is 78.9 Å². The number of anilines is 1. The van der Waals surface area contributed by atoms with Crippen molar-refractivity contribution in [3.63, 3.8) is 0 Å². The quantitative estimate of drug-likeness (QED) is 0.523. The summed E-state index contributed by atoms with van der Waals surface area (Å²) in [5.74, 6) is 0.789. The first-order chi connectivity index (χ1) is 15.7. The number of ether oxygens (including phenoxy) is 2. The number of carbonyl (C=O) groups excluding carboxylic acids is 1. The minimum Gasteiger partial charge on any atom is -0.492 e. The molecule has 0 radical (unpaired) electrons. The van der Waals surface area contributed by atoms with Crippen LogP contribution in [0.25, 0.3) is 0 Å². The Morgan fingerprint density at radius 3 is 2.41 bits per heavy atom. The molecule has 1 aliphatic rings. The van der Waals surface area contributed by atoms with Crippen LogP contribution in [0, 0.1) is 0 Å². The highest BCUT2D eigenvalue weighted by molar-refractivity contribution is 5.88. The second-order valence-corrected chi connectivity index (χ2v) is 7.98. The molecule has 1 N–H and O–H groups in total. The Labute approximate surface area is 190 Å². The van der Waals surface area contributed by atoms with Crippen molar-refractivity contribution < 1.29 is 14.3 Å². The topological polar surface area (TPSA) is 50.8 Å². The molecule has 0 aromatic heterocycles. The van der Waals surface area contributed by atoms with Crippen LogP contribution in [0.2, 0.25) is 0 Å². The largest absolute Gasteiger partial charge is 0.492 e. The van der Waals surface area contributed by atoms with Gasteiger partial charge in [0.1, 0.15) is 12.4 Å². The molecule has 5 heteroatoms. The SMILES string of the molecule is COC(=O)N(CCOc1ccc(Cc2ccccc2)cc1)c1ccccc1[C@@H]1CCCN1. The molecule has 0 spiro atoms. The lowest BCUT2D eigenvalue weighted by Crippen LogP contribution is -2.36. The molecule has 1 saturated heterocycles. The van der Waals surface area contributed by atoms with Gasteiger partial charge in [0.05, 0.1) is 19.3 Å². The van der Waals surface area contributed by atoms with Gasteiger partial charge in [-0.25, -0.2) is 4.79 Å². The van der Waals surface area contributed by atoms with Crippen molar-refractivity contribution in [3.8, 4) is 5.75 Å². The van der Waals surface area contributed by atoms with Gasteiger partial charge >= 0.3 is 6.09 Å². The molecule has 4 rings (SSSR count). The zero-order valence-electron chi connectivity index (χ0n) is 18.5. The molecular formula is C27H30N2O3. The molecule has 0 saturated carbocycles. The Morgan fingerprint density at radius 2 is 1.69 bits per heavy atom. The molecule has 0 aliphatic carbocycles. The number of carbonyl (C=O) groups is 1. The van der Waals surface area contributed by atoms with Crippen LogP contribution in [0.1, 0.15) is 35.6 Å². The highest BCUT2D eigenvalue weighted by Gasteiger charge is 2.25. The van der Waals surface area contributed by atoms with E-state index in [0.29, 0.717) is 13.2 Å². The van der Waals surface area contributed by atoms with Gasteiger partial charge in [-0.3, -0.25) is 4.90 Å². The molecule has 0 unspecified atom stereocenters. The predicted octanol–water partition coefficient (Wildman–Crippen LogP) is 5.35. The van der Waals surface area contributed by atoms with Gasteiger partial charge in [0.2, 0.25) is 0 Å². The van der Waals surface area contributed by atoms with Gasteiger partial charge in [0, 0.05) is 6.04 Å². The molecule has 0 bridgehead atoms. The van der Waals surface area contributed by atoms with E-state index in [1.807, 2.05) is 36.4 Å². The van der Waals surface area contributed by atoms with Crippen LogP contribution in [0.5, 0.6) is 5.75 Å². The van der Waals surface area contributed by atoms with E-state index >= 15 is 0 Å². The van der Waals surface area contributed by atoms with Crippen LogP contribution < -0.4 is 15.0 Å². The molecule has 1 amide bonds. The third-order valence-corrected chi connectivity index (χ3v) is 5.82. The summed E-state index contributed by atoms with van der Waals surface area (Å²) in [5.41, 5.74) is 4.52. The third kappa shape index (κ3) is 5.48. The Bertz CT molecular complexity index is 999. The number of hydrogen-bond donors (Lipinski definition) is 1. The number of nitrogens with one attached hydrogen (secondary N) is 1. The molecule has 1 heterocycles. The number of amides is 1. The van der Waals surface area contributed by atoms with Crippen LogP contribution >= 0.6 is 0 Å². The molecule has 3 aromatic carbocycles. The fourth-order valence-corrected chi connectivity index (χ4v) is 4.19. The predicted molar refractivity (Wildman–Crippen MR) is 127 cm³/mol. The van der Waals surface area contributed by atoms with Crippen LogP contribution in [0.3, 0.4) is 0 Å². The fraction of sp³-hybridized carbons (Fsp3) is 0.296. The fourth-order valence-electron chi connectivity index (χ4n) is 4.19. The average molecular weight is 431 g/mol. The minimum absolute atomic E-state index is 0.261. The second-order valence-electron chi connectivity index (χ2n) is 7.98. The average Bonchev–Trinajstić information content (AvgIpc) is 3.38. The second kappa shape index (κ2) is 10.8. The van der Waals surface area contributed by atoms with Crippen molar-refractivity contribution in [3.05, 3.63) is 95.6 Å². The van der Waals surface area contributed by atoms with Gasteiger partial charge in [-0.1, -0.05) is 60.7 Å². The summed E-state index contributed by atoms with van der Waals surface area (Å²) < 4.78 is 11.0. The Hall–Kier alpha value is -3.31. The number of hydrogen-bond acceptors (Lipinski definition) is 4. The molecule has 1 fully saturated rings. The van der Waals surface area contributed by atoms with E-state index in [-0.39, 0.29) is 12.1 Å². The summed E-state index contributed by atoms with van der Waals surface area (Å²) in [6.45, 7) is 1.78. The van der Waals surface area contributed by atoms with Crippen molar-refractivity contribution in [2.75, 3.05) is 31.7 Å². The summed E-state index contributed by atoms with van der Waals surface area (Å²) in [7, 11) is 1.41. The smallest absolute Gasteiger partial charge is 0.414 e. The monoisotopic (exact) mass is 430 g/mol. The van der Waals surface area contributed by atoms with Gasteiger partial charge in [0.25, 0.3) is 0 Å². The van der Waals surface area contributed by atoms with E-state index in [1.165, 1.54) is 18.2 Å². The normalized spacial score (nSPS) is 15.3. The van der Waals surface area contributed by atoms with E-state index in [0.717, 1.165) is 42.8 Å². The van der Waals surface area contributed by atoms with Gasteiger partial charge in [-0.2, -0.15) is 0 Å².